The molecule has 0 bridgehead atoms. The maximum absolute atomic E-state index is 13.5. The molecule has 0 saturated carbocycles. The molecule has 1 aromatic heterocycles. The van der Waals surface area contributed by atoms with Crippen LogP contribution in [-0.4, -0.2) is 16.7 Å². The highest BCUT2D eigenvalue weighted by Gasteiger charge is 2.10. The van der Waals surface area contributed by atoms with Crippen LogP contribution in [0.1, 0.15) is 0 Å². The largest absolute Gasteiger partial charge is 0.494 e. The lowest BCUT2D eigenvalue weighted by Crippen LogP contribution is -1.96. The number of rotatable bonds is 2. The lowest BCUT2D eigenvalue weighted by atomic mass is 10.2. The zero-order valence-corrected chi connectivity index (χ0v) is 11.3. The van der Waals surface area contributed by atoms with Gasteiger partial charge in [-0.05, 0) is 42.5 Å². The Bertz CT molecular complexity index is 854. The number of halogens is 2. The summed E-state index contributed by atoms with van der Waals surface area (Å²) < 4.78 is 33.7. The van der Waals surface area contributed by atoms with E-state index in [1.165, 1.54) is 25.3 Å². The van der Waals surface area contributed by atoms with Crippen molar-refractivity contribution in [3.05, 3.63) is 52.8 Å². The van der Waals surface area contributed by atoms with Gasteiger partial charge in [-0.3, -0.25) is 4.57 Å². The highest BCUT2D eigenvalue weighted by Crippen LogP contribution is 2.25. The number of nitrogens with zero attached hydrogens (tertiary/aromatic N) is 1. The Labute approximate surface area is 118 Å². The van der Waals surface area contributed by atoms with Crippen LogP contribution in [0.2, 0.25) is 0 Å². The highest BCUT2D eigenvalue weighted by atomic mass is 32.1. The van der Waals surface area contributed by atoms with Gasteiger partial charge in [0.05, 0.1) is 23.8 Å². The first-order valence-electron chi connectivity index (χ1n) is 5.84. The number of H-pyrrole nitrogens is 1. The normalized spacial score (nSPS) is 10.9. The summed E-state index contributed by atoms with van der Waals surface area (Å²) in [5, 5.41) is 0. The van der Waals surface area contributed by atoms with Crippen molar-refractivity contribution in [1.82, 2.24) is 9.55 Å². The molecule has 0 amide bonds. The van der Waals surface area contributed by atoms with Crippen LogP contribution < -0.4 is 4.74 Å². The van der Waals surface area contributed by atoms with Crippen LogP contribution >= 0.6 is 12.2 Å². The van der Waals surface area contributed by atoms with E-state index < -0.39 is 5.82 Å². The molecule has 0 atom stereocenters. The van der Waals surface area contributed by atoms with Gasteiger partial charge in [-0.1, -0.05) is 0 Å². The Morgan fingerprint density at radius 2 is 1.95 bits per heavy atom. The molecule has 20 heavy (non-hydrogen) atoms. The summed E-state index contributed by atoms with van der Waals surface area (Å²) in [6, 6.07) is 8.77. The molecule has 102 valence electrons. The van der Waals surface area contributed by atoms with Crippen LogP contribution in [0.4, 0.5) is 8.78 Å². The van der Waals surface area contributed by atoms with Gasteiger partial charge in [-0.25, -0.2) is 8.78 Å². The fourth-order valence-corrected chi connectivity index (χ4v) is 2.44. The molecule has 0 fully saturated rings. The molecule has 0 unspecified atom stereocenters. The Hall–Kier alpha value is -2.21. The van der Waals surface area contributed by atoms with Crippen molar-refractivity contribution in [2.75, 3.05) is 7.11 Å². The van der Waals surface area contributed by atoms with Gasteiger partial charge in [0.15, 0.2) is 16.3 Å². The molecule has 0 radical (unpaired) electrons. The summed E-state index contributed by atoms with van der Waals surface area (Å²) in [4.78, 5) is 2.92. The van der Waals surface area contributed by atoms with Crippen molar-refractivity contribution in [3.63, 3.8) is 0 Å². The molecule has 1 heterocycles. The summed E-state index contributed by atoms with van der Waals surface area (Å²) in [7, 11) is 1.39. The monoisotopic (exact) mass is 292 g/mol. The molecule has 1 N–H and O–H groups in total. The van der Waals surface area contributed by atoms with E-state index in [0.29, 0.717) is 21.5 Å². The van der Waals surface area contributed by atoms with E-state index in [-0.39, 0.29) is 11.6 Å². The number of nitrogens with one attached hydrogen (secondary N) is 1. The lowest BCUT2D eigenvalue weighted by Gasteiger charge is -2.07. The van der Waals surface area contributed by atoms with Crippen LogP contribution in [-0.2, 0) is 0 Å². The first-order chi connectivity index (χ1) is 9.60. The third-order valence-electron chi connectivity index (χ3n) is 3.04. The molecule has 0 aliphatic heterocycles. The predicted molar refractivity (Wildman–Crippen MR) is 74.9 cm³/mol. The standard InChI is InChI=1S/C14H10F2N2OS/c1-19-13-7-9(3-4-10(13)16)18-12-5-2-8(15)6-11(12)17-14(18)20/h2-7H,1H3,(H,17,20). The average Bonchev–Trinajstić information content (AvgIpc) is 2.74. The molecule has 0 aliphatic carbocycles. The zero-order chi connectivity index (χ0) is 14.3. The second-order valence-corrected chi connectivity index (χ2v) is 4.63. The lowest BCUT2D eigenvalue weighted by molar-refractivity contribution is 0.386. The molecule has 2 aromatic carbocycles. The first kappa shape index (κ1) is 12.8. The third kappa shape index (κ3) is 1.98. The van der Waals surface area contributed by atoms with Crippen molar-refractivity contribution < 1.29 is 13.5 Å². The molecule has 0 saturated heterocycles. The minimum atomic E-state index is -0.450. The molecular weight excluding hydrogens is 282 g/mol. The maximum Gasteiger partial charge on any atom is 0.182 e. The number of aromatic amines is 1. The zero-order valence-electron chi connectivity index (χ0n) is 10.5. The van der Waals surface area contributed by atoms with Gasteiger partial charge in [0.2, 0.25) is 0 Å². The van der Waals surface area contributed by atoms with Crippen LogP contribution in [0.15, 0.2) is 36.4 Å². The first-order valence-corrected chi connectivity index (χ1v) is 6.25. The molecule has 3 aromatic rings. The number of hydrogen-bond acceptors (Lipinski definition) is 2. The molecule has 3 nitrogen and oxygen atoms in total. The average molecular weight is 292 g/mol. The van der Waals surface area contributed by atoms with Gasteiger partial charge in [0.25, 0.3) is 0 Å². The van der Waals surface area contributed by atoms with Crippen LogP contribution in [0.25, 0.3) is 16.7 Å². The molecule has 3 rings (SSSR count). The van der Waals surface area contributed by atoms with Gasteiger partial charge in [0.1, 0.15) is 5.82 Å². The number of imidazole rings is 1. The Balaban J connectivity index is 2.29. The molecule has 0 spiro atoms. The predicted octanol–water partition coefficient (Wildman–Crippen LogP) is 3.97. The minimum Gasteiger partial charge on any atom is -0.494 e. The number of fused-ring (bicyclic) bond motifs is 1. The quantitative estimate of drug-likeness (QED) is 0.724. The topological polar surface area (TPSA) is 29.9 Å². The SMILES string of the molecule is COc1cc(-n2c(=S)[nH]c3cc(F)ccc32)ccc1F. The minimum absolute atomic E-state index is 0.126. The number of methoxy groups -OCH3 is 1. The van der Waals surface area contributed by atoms with E-state index in [2.05, 4.69) is 4.98 Å². The maximum atomic E-state index is 13.5. The number of benzene rings is 2. The van der Waals surface area contributed by atoms with Gasteiger partial charge in [-0.15, -0.1) is 0 Å². The fourth-order valence-electron chi connectivity index (χ4n) is 2.13. The van der Waals surface area contributed by atoms with E-state index in [4.69, 9.17) is 17.0 Å². The third-order valence-corrected chi connectivity index (χ3v) is 3.32. The van der Waals surface area contributed by atoms with E-state index in [0.717, 1.165) is 0 Å². The second kappa shape index (κ2) is 4.72. The Kier molecular flexibility index (Phi) is 3.02. The van der Waals surface area contributed by atoms with Crippen molar-refractivity contribution >= 4 is 23.3 Å². The van der Waals surface area contributed by atoms with Crippen molar-refractivity contribution in [1.29, 1.82) is 0 Å². The summed E-state index contributed by atoms with van der Waals surface area (Å²) in [5.74, 6) is -0.674. The van der Waals surface area contributed by atoms with E-state index >= 15 is 0 Å². The van der Waals surface area contributed by atoms with Crippen molar-refractivity contribution in [2.45, 2.75) is 0 Å². The van der Waals surface area contributed by atoms with Crippen molar-refractivity contribution in [2.24, 2.45) is 0 Å². The van der Waals surface area contributed by atoms with E-state index in [1.807, 2.05) is 0 Å². The summed E-state index contributed by atoms with van der Waals surface area (Å²) >= 11 is 5.24. The number of aromatic nitrogens is 2. The van der Waals surface area contributed by atoms with E-state index in [9.17, 15) is 8.78 Å². The summed E-state index contributed by atoms with van der Waals surface area (Å²) in [6.45, 7) is 0. The van der Waals surface area contributed by atoms with Crippen LogP contribution in [0, 0.1) is 16.4 Å². The second-order valence-electron chi connectivity index (χ2n) is 4.25. The fraction of sp³-hybridized carbons (Fsp3) is 0.0714. The van der Waals surface area contributed by atoms with Crippen LogP contribution in [0.3, 0.4) is 0 Å². The van der Waals surface area contributed by atoms with E-state index in [1.54, 1.807) is 22.8 Å². The van der Waals surface area contributed by atoms with Gasteiger partial charge in [-0.2, -0.15) is 0 Å². The van der Waals surface area contributed by atoms with Crippen molar-refractivity contribution in [3.8, 4) is 11.4 Å². The van der Waals surface area contributed by atoms with Crippen LogP contribution in [0.5, 0.6) is 5.75 Å². The molecule has 0 aliphatic rings. The molecule has 6 heteroatoms. The highest BCUT2D eigenvalue weighted by molar-refractivity contribution is 7.71. The number of ether oxygens (including phenoxy) is 1. The van der Waals surface area contributed by atoms with Gasteiger partial charge in [0, 0.05) is 6.07 Å². The Morgan fingerprint density at radius 1 is 1.15 bits per heavy atom. The summed E-state index contributed by atoms with van der Waals surface area (Å²) in [5.41, 5.74) is 1.94. The number of hydrogen-bond donors (Lipinski definition) is 1. The molecular formula is C14H10F2N2OS. The Morgan fingerprint density at radius 3 is 2.70 bits per heavy atom. The van der Waals surface area contributed by atoms with Gasteiger partial charge < -0.3 is 9.72 Å². The summed E-state index contributed by atoms with van der Waals surface area (Å²) in [6.07, 6.45) is 0. The smallest absolute Gasteiger partial charge is 0.182 e. The van der Waals surface area contributed by atoms with Gasteiger partial charge >= 0.3 is 0 Å².